The minimum absolute atomic E-state index is 0.0176. The summed E-state index contributed by atoms with van der Waals surface area (Å²) in [6.45, 7) is 2.22. The second-order valence-corrected chi connectivity index (χ2v) is 7.13. The Morgan fingerprint density at radius 1 is 1.58 bits per heavy atom. The molecule has 0 spiro atoms. The molecule has 7 nitrogen and oxygen atoms in total. The SMILES string of the molecule is Cc1cc(NC(=O)NCC2CCS(=O)(=O)C2)n(C)n1. The van der Waals surface area contributed by atoms with Crippen LogP contribution in [0.2, 0.25) is 0 Å². The predicted molar refractivity (Wildman–Crippen MR) is 71.7 cm³/mol. The standard InChI is InChI=1S/C11H18N4O3S/c1-8-5-10(15(2)14-8)13-11(16)12-6-9-3-4-19(17,18)7-9/h5,9H,3-4,6-7H2,1-2H3,(H2,12,13,16). The molecule has 106 valence electrons. The lowest BCUT2D eigenvalue weighted by Gasteiger charge is -2.10. The van der Waals surface area contributed by atoms with E-state index in [1.54, 1.807) is 17.8 Å². The number of nitrogens with one attached hydrogen (secondary N) is 2. The first-order valence-electron chi connectivity index (χ1n) is 6.11. The Balaban J connectivity index is 1.81. The maximum atomic E-state index is 11.7. The highest BCUT2D eigenvalue weighted by Crippen LogP contribution is 2.17. The fraction of sp³-hybridized carbons (Fsp3) is 0.636. The molecule has 1 atom stereocenters. The van der Waals surface area contributed by atoms with E-state index in [0.29, 0.717) is 18.8 Å². The predicted octanol–water partition coefficient (Wildman–Crippen LogP) is 0.285. The Kier molecular flexibility index (Phi) is 3.79. The van der Waals surface area contributed by atoms with E-state index in [1.165, 1.54) is 0 Å². The Morgan fingerprint density at radius 2 is 2.32 bits per heavy atom. The molecule has 0 aliphatic carbocycles. The minimum atomic E-state index is -2.89. The van der Waals surface area contributed by atoms with E-state index in [4.69, 9.17) is 0 Å². The van der Waals surface area contributed by atoms with Crippen LogP contribution in [-0.2, 0) is 16.9 Å². The van der Waals surface area contributed by atoms with Crippen LogP contribution in [0.5, 0.6) is 0 Å². The van der Waals surface area contributed by atoms with Crippen LogP contribution in [0.25, 0.3) is 0 Å². The molecule has 0 saturated carbocycles. The fourth-order valence-corrected chi connectivity index (χ4v) is 4.02. The Hall–Kier alpha value is -1.57. The Morgan fingerprint density at radius 3 is 2.84 bits per heavy atom. The van der Waals surface area contributed by atoms with Gasteiger partial charge in [-0.15, -0.1) is 0 Å². The van der Waals surface area contributed by atoms with Crippen LogP contribution in [0.3, 0.4) is 0 Å². The fourth-order valence-electron chi connectivity index (χ4n) is 2.16. The highest BCUT2D eigenvalue weighted by molar-refractivity contribution is 7.91. The van der Waals surface area contributed by atoms with Gasteiger partial charge in [0, 0.05) is 19.7 Å². The normalized spacial score (nSPS) is 21.3. The summed E-state index contributed by atoms with van der Waals surface area (Å²) in [5, 5.41) is 9.48. The number of hydrogen-bond acceptors (Lipinski definition) is 4. The van der Waals surface area contributed by atoms with E-state index in [1.807, 2.05) is 6.92 Å². The molecule has 1 aliphatic heterocycles. The summed E-state index contributed by atoms with van der Waals surface area (Å²) in [5.74, 6) is 1.01. The van der Waals surface area contributed by atoms with Crippen molar-refractivity contribution in [1.82, 2.24) is 15.1 Å². The summed E-state index contributed by atoms with van der Waals surface area (Å²) in [4.78, 5) is 11.7. The third kappa shape index (κ3) is 3.69. The number of amides is 2. The van der Waals surface area contributed by atoms with Crippen molar-refractivity contribution in [1.29, 1.82) is 0 Å². The first kappa shape index (κ1) is 13.9. The van der Waals surface area contributed by atoms with Crippen molar-refractivity contribution in [3.63, 3.8) is 0 Å². The number of anilines is 1. The maximum Gasteiger partial charge on any atom is 0.320 e. The Labute approximate surface area is 112 Å². The molecule has 1 aliphatic rings. The van der Waals surface area contributed by atoms with E-state index in [2.05, 4.69) is 15.7 Å². The number of carbonyl (C=O) groups is 1. The zero-order chi connectivity index (χ0) is 14.0. The molecule has 1 fully saturated rings. The lowest BCUT2D eigenvalue weighted by atomic mass is 10.1. The van der Waals surface area contributed by atoms with Crippen LogP contribution in [0, 0.1) is 12.8 Å². The van der Waals surface area contributed by atoms with Gasteiger partial charge in [0.05, 0.1) is 17.2 Å². The van der Waals surface area contributed by atoms with Crippen LogP contribution < -0.4 is 10.6 Å². The van der Waals surface area contributed by atoms with Gasteiger partial charge in [-0.1, -0.05) is 0 Å². The molecule has 8 heteroatoms. The van der Waals surface area contributed by atoms with Gasteiger partial charge in [-0.3, -0.25) is 10.00 Å². The average Bonchev–Trinajstić information content (AvgIpc) is 2.79. The molecule has 19 heavy (non-hydrogen) atoms. The molecule has 1 saturated heterocycles. The van der Waals surface area contributed by atoms with Gasteiger partial charge in [0.1, 0.15) is 5.82 Å². The maximum absolute atomic E-state index is 11.7. The third-order valence-electron chi connectivity index (χ3n) is 3.12. The van der Waals surface area contributed by atoms with E-state index in [9.17, 15) is 13.2 Å². The van der Waals surface area contributed by atoms with Gasteiger partial charge in [-0.25, -0.2) is 13.2 Å². The molecule has 1 aromatic rings. The molecular formula is C11H18N4O3S. The first-order valence-corrected chi connectivity index (χ1v) is 7.94. The number of hydrogen-bond donors (Lipinski definition) is 2. The molecule has 1 unspecified atom stereocenters. The highest BCUT2D eigenvalue weighted by Gasteiger charge is 2.27. The molecule has 0 aromatic carbocycles. The van der Waals surface area contributed by atoms with Crippen molar-refractivity contribution >= 4 is 21.7 Å². The number of urea groups is 1. The van der Waals surface area contributed by atoms with Gasteiger partial charge >= 0.3 is 6.03 Å². The van der Waals surface area contributed by atoms with Crippen molar-refractivity contribution in [3.8, 4) is 0 Å². The van der Waals surface area contributed by atoms with Crippen molar-refractivity contribution in [2.75, 3.05) is 23.4 Å². The lowest BCUT2D eigenvalue weighted by Crippen LogP contribution is -2.34. The number of carbonyl (C=O) groups excluding carboxylic acids is 1. The molecule has 0 radical (unpaired) electrons. The summed E-state index contributed by atoms with van der Waals surface area (Å²) >= 11 is 0. The van der Waals surface area contributed by atoms with Crippen LogP contribution in [0.4, 0.5) is 10.6 Å². The van der Waals surface area contributed by atoms with Gasteiger partial charge in [0.15, 0.2) is 9.84 Å². The van der Waals surface area contributed by atoms with Gasteiger partial charge < -0.3 is 5.32 Å². The van der Waals surface area contributed by atoms with Crippen molar-refractivity contribution in [3.05, 3.63) is 11.8 Å². The highest BCUT2D eigenvalue weighted by atomic mass is 32.2. The summed E-state index contributed by atoms with van der Waals surface area (Å²) < 4.78 is 24.1. The smallest absolute Gasteiger partial charge is 0.320 e. The molecule has 2 N–H and O–H groups in total. The molecule has 2 rings (SSSR count). The topological polar surface area (TPSA) is 93.1 Å². The molecule has 2 amide bonds. The summed E-state index contributed by atoms with van der Waals surface area (Å²) in [7, 11) is -1.15. The van der Waals surface area contributed by atoms with E-state index in [-0.39, 0.29) is 23.5 Å². The quantitative estimate of drug-likeness (QED) is 0.835. The molecule has 0 bridgehead atoms. The number of aryl methyl sites for hydroxylation is 2. The number of nitrogens with zero attached hydrogens (tertiary/aromatic N) is 2. The van der Waals surface area contributed by atoms with E-state index < -0.39 is 9.84 Å². The summed E-state index contributed by atoms with van der Waals surface area (Å²) in [5.41, 5.74) is 0.819. The third-order valence-corrected chi connectivity index (χ3v) is 4.96. The van der Waals surface area contributed by atoms with Gasteiger partial charge in [0.2, 0.25) is 0 Å². The largest absolute Gasteiger partial charge is 0.338 e. The lowest BCUT2D eigenvalue weighted by molar-refractivity contribution is 0.250. The number of aromatic nitrogens is 2. The first-order chi connectivity index (χ1) is 8.85. The van der Waals surface area contributed by atoms with Crippen molar-refractivity contribution in [2.45, 2.75) is 13.3 Å². The van der Waals surface area contributed by atoms with Gasteiger partial charge in [0.25, 0.3) is 0 Å². The van der Waals surface area contributed by atoms with Crippen LogP contribution in [0.15, 0.2) is 6.07 Å². The van der Waals surface area contributed by atoms with Crippen LogP contribution in [0.1, 0.15) is 12.1 Å². The Bertz CT molecular complexity index is 579. The zero-order valence-electron chi connectivity index (χ0n) is 11.0. The van der Waals surface area contributed by atoms with Crippen molar-refractivity contribution < 1.29 is 13.2 Å². The zero-order valence-corrected chi connectivity index (χ0v) is 11.8. The van der Waals surface area contributed by atoms with E-state index >= 15 is 0 Å². The average molecular weight is 286 g/mol. The van der Waals surface area contributed by atoms with Gasteiger partial charge in [-0.2, -0.15) is 5.10 Å². The summed E-state index contributed by atoms with van der Waals surface area (Å²) in [6.07, 6.45) is 0.618. The summed E-state index contributed by atoms with van der Waals surface area (Å²) in [6, 6.07) is 1.42. The molecule has 1 aromatic heterocycles. The van der Waals surface area contributed by atoms with Crippen LogP contribution in [-0.4, -0.2) is 42.3 Å². The van der Waals surface area contributed by atoms with E-state index in [0.717, 1.165) is 5.69 Å². The van der Waals surface area contributed by atoms with Gasteiger partial charge in [-0.05, 0) is 19.3 Å². The second kappa shape index (κ2) is 5.20. The monoisotopic (exact) mass is 286 g/mol. The number of rotatable bonds is 3. The van der Waals surface area contributed by atoms with Crippen LogP contribution >= 0.6 is 0 Å². The minimum Gasteiger partial charge on any atom is -0.338 e. The second-order valence-electron chi connectivity index (χ2n) is 4.90. The molecule has 2 heterocycles. The number of sulfone groups is 1. The van der Waals surface area contributed by atoms with Crippen molar-refractivity contribution in [2.24, 2.45) is 13.0 Å². The molecular weight excluding hydrogens is 268 g/mol.